The SMILES string of the molecule is CC/C=C\C/C=C\C/C=C\C/C=C\C/C=C\C/C=C\C/C=C\C/C=C\CCCCC(=O)NC(COC1OC(CO)C(O)C(O)C1O)C(O)/C=C/CCCCCCCCCCCCCC. The van der Waals surface area contributed by atoms with Gasteiger partial charge in [-0.15, -0.1) is 0 Å². The molecule has 7 unspecified atom stereocenters. The van der Waals surface area contributed by atoms with Crippen LogP contribution in [0.5, 0.6) is 0 Å². The van der Waals surface area contributed by atoms with Gasteiger partial charge in [0, 0.05) is 6.42 Å². The van der Waals surface area contributed by atoms with Crippen LogP contribution < -0.4 is 5.32 Å². The van der Waals surface area contributed by atoms with Crippen molar-refractivity contribution in [2.75, 3.05) is 13.2 Å². The number of aliphatic hydroxyl groups is 5. The zero-order valence-corrected chi connectivity index (χ0v) is 40.0. The number of allylic oxidation sites excluding steroid dienone is 17. The summed E-state index contributed by atoms with van der Waals surface area (Å²) < 4.78 is 11.2. The Bertz CT molecular complexity index is 1360. The van der Waals surface area contributed by atoms with Gasteiger partial charge in [0.1, 0.15) is 24.4 Å². The molecule has 0 aliphatic carbocycles. The Labute approximate surface area is 389 Å². The molecular weight excluding hydrogens is 803 g/mol. The smallest absolute Gasteiger partial charge is 0.220 e. The van der Waals surface area contributed by atoms with Crippen molar-refractivity contribution in [2.24, 2.45) is 0 Å². The number of ether oxygens (including phenoxy) is 2. The average molecular weight is 894 g/mol. The highest BCUT2D eigenvalue weighted by molar-refractivity contribution is 5.76. The molecule has 0 aromatic heterocycles. The maximum Gasteiger partial charge on any atom is 0.220 e. The molecular formula is C55H91NO8. The Balaban J connectivity index is 2.35. The molecule has 0 aromatic carbocycles. The third-order valence-corrected chi connectivity index (χ3v) is 11.1. The number of unbranched alkanes of at least 4 members (excludes halogenated alkanes) is 14. The summed E-state index contributed by atoms with van der Waals surface area (Å²) in [6.45, 7) is 3.61. The predicted molar refractivity (Wildman–Crippen MR) is 267 cm³/mol. The Morgan fingerprint density at radius 2 is 0.969 bits per heavy atom. The lowest BCUT2D eigenvalue weighted by atomic mass is 9.99. The van der Waals surface area contributed by atoms with Crippen LogP contribution in [0.1, 0.15) is 174 Å². The zero-order valence-electron chi connectivity index (χ0n) is 40.0. The molecule has 0 spiro atoms. The first-order valence-corrected chi connectivity index (χ1v) is 25.1. The molecule has 0 saturated carbocycles. The van der Waals surface area contributed by atoms with Gasteiger partial charge >= 0.3 is 0 Å². The highest BCUT2D eigenvalue weighted by atomic mass is 16.7. The van der Waals surface area contributed by atoms with Crippen LogP contribution in [-0.2, 0) is 14.3 Å². The number of amides is 1. The van der Waals surface area contributed by atoms with E-state index >= 15 is 0 Å². The lowest BCUT2D eigenvalue weighted by molar-refractivity contribution is -0.302. The normalized spacial score (nSPS) is 21.0. The predicted octanol–water partition coefficient (Wildman–Crippen LogP) is 11.4. The Hall–Kier alpha value is -3.15. The Morgan fingerprint density at radius 1 is 0.547 bits per heavy atom. The lowest BCUT2D eigenvalue weighted by Gasteiger charge is -2.40. The molecule has 0 aromatic rings. The summed E-state index contributed by atoms with van der Waals surface area (Å²) >= 11 is 0. The molecule has 9 heteroatoms. The van der Waals surface area contributed by atoms with Crippen LogP contribution in [0, 0.1) is 0 Å². The molecule has 64 heavy (non-hydrogen) atoms. The van der Waals surface area contributed by atoms with Crippen molar-refractivity contribution in [2.45, 2.75) is 217 Å². The number of hydrogen-bond acceptors (Lipinski definition) is 8. The van der Waals surface area contributed by atoms with Crippen LogP contribution >= 0.6 is 0 Å². The van der Waals surface area contributed by atoms with Gasteiger partial charge in [0.05, 0.1) is 25.4 Å². The van der Waals surface area contributed by atoms with E-state index in [9.17, 15) is 30.3 Å². The molecule has 1 rings (SSSR count). The first-order valence-electron chi connectivity index (χ1n) is 25.1. The highest BCUT2D eigenvalue weighted by Crippen LogP contribution is 2.22. The molecule has 7 atom stereocenters. The molecule has 1 saturated heterocycles. The van der Waals surface area contributed by atoms with E-state index in [0.29, 0.717) is 6.42 Å². The largest absolute Gasteiger partial charge is 0.394 e. The molecule has 364 valence electrons. The van der Waals surface area contributed by atoms with Crippen molar-refractivity contribution in [3.8, 4) is 0 Å². The molecule has 1 heterocycles. The van der Waals surface area contributed by atoms with Crippen LogP contribution in [-0.4, -0.2) is 87.5 Å². The summed E-state index contributed by atoms with van der Waals surface area (Å²) in [6.07, 6.45) is 57.0. The minimum Gasteiger partial charge on any atom is -0.394 e. The van der Waals surface area contributed by atoms with E-state index in [1.807, 2.05) is 6.08 Å². The fraction of sp³-hybridized carbons (Fsp3) is 0.655. The van der Waals surface area contributed by atoms with Gasteiger partial charge in [-0.3, -0.25) is 4.79 Å². The van der Waals surface area contributed by atoms with Crippen LogP contribution in [0.2, 0.25) is 0 Å². The van der Waals surface area contributed by atoms with Gasteiger partial charge in [0.2, 0.25) is 5.91 Å². The third-order valence-electron chi connectivity index (χ3n) is 11.1. The van der Waals surface area contributed by atoms with Gasteiger partial charge < -0.3 is 40.3 Å². The van der Waals surface area contributed by atoms with Gasteiger partial charge in [0.15, 0.2) is 6.29 Å². The van der Waals surface area contributed by atoms with Crippen LogP contribution in [0.15, 0.2) is 109 Å². The molecule has 1 amide bonds. The summed E-state index contributed by atoms with van der Waals surface area (Å²) in [5.74, 6) is -0.225. The molecule has 1 aliphatic rings. The molecule has 9 nitrogen and oxygen atoms in total. The van der Waals surface area contributed by atoms with E-state index in [1.165, 1.54) is 64.2 Å². The molecule has 6 N–H and O–H groups in total. The molecule has 1 aliphatic heterocycles. The van der Waals surface area contributed by atoms with Gasteiger partial charge in [-0.05, 0) is 83.5 Å². The second kappa shape index (κ2) is 43.7. The molecule has 1 fully saturated rings. The van der Waals surface area contributed by atoms with E-state index in [2.05, 4.69) is 116 Å². The van der Waals surface area contributed by atoms with Crippen LogP contribution in [0.4, 0.5) is 0 Å². The molecule has 0 bridgehead atoms. The van der Waals surface area contributed by atoms with Crippen molar-refractivity contribution < 1.29 is 39.8 Å². The summed E-state index contributed by atoms with van der Waals surface area (Å²) in [5.41, 5.74) is 0. The van der Waals surface area contributed by atoms with Crippen LogP contribution in [0.3, 0.4) is 0 Å². The monoisotopic (exact) mass is 894 g/mol. The van der Waals surface area contributed by atoms with Crippen molar-refractivity contribution in [1.29, 1.82) is 0 Å². The summed E-state index contributed by atoms with van der Waals surface area (Å²) in [5, 5.41) is 54.2. The Morgan fingerprint density at radius 3 is 1.44 bits per heavy atom. The summed E-state index contributed by atoms with van der Waals surface area (Å²) in [7, 11) is 0. The third kappa shape index (κ3) is 33.3. The first kappa shape index (κ1) is 58.9. The van der Waals surface area contributed by atoms with Crippen molar-refractivity contribution in [3.63, 3.8) is 0 Å². The molecule has 0 radical (unpaired) electrons. The minimum absolute atomic E-state index is 0.213. The van der Waals surface area contributed by atoms with Crippen molar-refractivity contribution in [3.05, 3.63) is 109 Å². The maximum atomic E-state index is 13.0. The second-order valence-electron chi connectivity index (χ2n) is 16.9. The van der Waals surface area contributed by atoms with Crippen molar-refractivity contribution >= 4 is 5.91 Å². The Kier molecular flexibility index (Phi) is 40.2. The number of rotatable bonds is 40. The summed E-state index contributed by atoms with van der Waals surface area (Å²) in [4.78, 5) is 13.0. The van der Waals surface area contributed by atoms with Gasteiger partial charge in [-0.2, -0.15) is 0 Å². The number of aliphatic hydroxyl groups excluding tert-OH is 5. The van der Waals surface area contributed by atoms with E-state index < -0.39 is 49.5 Å². The van der Waals surface area contributed by atoms with E-state index in [0.717, 1.165) is 83.5 Å². The number of hydrogen-bond donors (Lipinski definition) is 6. The van der Waals surface area contributed by atoms with Gasteiger partial charge in [-0.1, -0.05) is 194 Å². The topological polar surface area (TPSA) is 149 Å². The fourth-order valence-electron chi connectivity index (χ4n) is 7.11. The number of carbonyl (C=O) groups is 1. The minimum atomic E-state index is -1.58. The van der Waals surface area contributed by atoms with Gasteiger partial charge in [0.25, 0.3) is 0 Å². The van der Waals surface area contributed by atoms with Crippen molar-refractivity contribution in [1.82, 2.24) is 5.32 Å². The number of carbonyl (C=O) groups excluding carboxylic acids is 1. The maximum absolute atomic E-state index is 13.0. The highest BCUT2D eigenvalue weighted by Gasteiger charge is 2.44. The zero-order chi connectivity index (χ0) is 46.6. The standard InChI is InChI=1S/C55H91NO8/c1-3-5-7-9-11-13-15-17-19-20-21-22-23-24-25-26-27-28-29-30-31-33-35-37-39-41-43-45-51(59)56-48(47-63-55-54(62)53(61)52(60)50(46-57)64-55)49(58)44-42-40-38-36-34-32-18-16-14-12-10-8-6-4-2/h5,7,11,13,17,19,21-22,24-25,27-28,30-31,35,37,42,44,48-50,52-55,57-58,60-62H,3-4,6,8-10,12,14-16,18,20,23,26,29,32-34,36,38-41,43,45-47H2,1-2H3,(H,56,59)/b7-5-,13-11-,19-17-,22-21-,25-24-,28-27-,31-30-,37-35-,44-42+. The second-order valence-corrected chi connectivity index (χ2v) is 16.9. The van der Waals surface area contributed by atoms with Crippen LogP contribution in [0.25, 0.3) is 0 Å². The first-order chi connectivity index (χ1) is 31.3. The average Bonchev–Trinajstić information content (AvgIpc) is 3.29. The van der Waals surface area contributed by atoms with Gasteiger partial charge in [-0.25, -0.2) is 0 Å². The van der Waals surface area contributed by atoms with E-state index in [4.69, 9.17) is 9.47 Å². The lowest BCUT2D eigenvalue weighted by Crippen LogP contribution is -2.60. The van der Waals surface area contributed by atoms with E-state index in [-0.39, 0.29) is 18.9 Å². The van der Waals surface area contributed by atoms with E-state index in [1.54, 1.807) is 6.08 Å². The number of nitrogens with one attached hydrogen (secondary N) is 1. The summed E-state index contributed by atoms with van der Waals surface area (Å²) in [6, 6.07) is -0.835. The quantitative estimate of drug-likeness (QED) is 0.0263. The fourth-order valence-corrected chi connectivity index (χ4v) is 7.11.